The Morgan fingerprint density at radius 2 is 1.93 bits per heavy atom. The normalized spacial score (nSPS) is 16.4. The molecule has 0 aliphatic carbocycles. The Bertz CT molecular complexity index is 1000. The van der Waals surface area contributed by atoms with Crippen LogP contribution in [0.3, 0.4) is 0 Å². The maximum atomic E-state index is 5.72. The summed E-state index contributed by atoms with van der Waals surface area (Å²) < 4.78 is 11.3. The summed E-state index contributed by atoms with van der Waals surface area (Å²) in [6, 6.07) is 8.68. The minimum Gasteiger partial charge on any atom is -0.496 e. The van der Waals surface area contributed by atoms with E-state index in [0.29, 0.717) is 6.61 Å². The summed E-state index contributed by atoms with van der Waals surface area (Å²) in [6.07, 6.45) is 1.02. The predicted molar refractivity (Wildman–Crippen MR) is 110 cm³/mol. The molecule has 0 radical (unpaired) electrons. The van der Waals surface area contributed by atoms with Crippen LogP contribution < -0.4 is 14.8 Å². The highest BCUT2D eigenvalue weighted by Crippen LogP contribution is 2.39. The molecule has 0 amide bonds. The van der Waals surface area contributed by atoms with Gasteiger partial charge in [-0.1, -0.05) is 0 Å². The van der Waals surface area contributed by atoms with Gasteiger partial charge in [-0.2, -0.15) is 0 Å². The van der Waals surface area contributed by atoms with Gasteiger partial charge in [-0.25, -0.2) is 0 Å². The second-order valence-electron chi connectivity index (χ2n) is 7.35. The number of aryl methyl sites for hydroxylation is 1. The lowest BCUT2D eigenvalue weighted by atomic mass is 9.87. The summed E-state index contributed by atoms with van der Waals surface area (Å²) in [7, 11) is 1.74. The Morgan fingerprint density at radius 3 is 2.67 bits per heavy atom. The van der Waals surface area contributed by atoms with Crippen LogP contribution in [0.5, 0.6) is 11.5 Å². The van der Waals surface area contributed by atoms with Crippen LogP contribution in [0.4, 0.5) is 0 Å². The molecule has 4 heteroatoms. The minimum atomic E-state index is 0.168. The molecule has 1 atom stereocenters. The molecule has 1 aliphatic rings. The molecule has 0 saturated carbocycles. The molecule has 2 aromatic carbocycles. The molecule has 1 aliphatic heterocycles. The fourth-order valence-corrected chi connectivity index (χ4v) is 4.43. The number of benzene rings is 2. The van der Waals surface area contributed by atoms with Crippen LogP contribution in [0.15, 0.2) is 24.3 Å². The predicted octanol–water partition coefficient (Wildman–Crippen LogP) is 4.74. The van der Waals surface area contributed by atoms with Crippen LogP contribution in [0, 0.1) is 20.8 Å². The maximum absolute atomic E-state index is 5.72. The molecule has 1 unspecified atom stereocenters. The molecule has 3 aromatic rings. The number of rotatable bonds is 4. The quantitative estimate of drug-likeness (QED) is 0.703. The van der Waals surface area contributed by atoms with E-state index in [4.69, 9.17) is 9.47 Å². The molecule has 2 N–H and O–H groups in total. The number of aromatic nitrogens is 1. The monoisotopic (exact) mass is 364 g/mol. The standard InChI is InChI=1S/C23H28N2O2/c1-6-27-16-7-8-19-18(12-16)17-9-10-24-23(22(17)25-19)21-13(2)11-20(26-5)14(3)15(21)4/h7-8,11-12,23-25H,6,9-10H2,1-5H3. The van der Waals surface area contributed by atoms with Crippen molar-refractivity contribution in [2.24, 2.45) is 0 Å². The second kappa shape index (κ2) is 6.93. The highest BCUT2D eigenvalue weighted by atomic mass is 16.5. The van der Waals surface area contributed by atoms with Gasteiger partial charge in [0.2, 0.25) is 0 Å². The van der Waals surface area contributed by atoms with Gasteiger partial charge in [0.15, 0.2) is 0 Å². The number of methoxy groups -OCH3 is 1. The number of hydrogen-bond donors (Lipinski definition) is 2. The van der Waals surface area contributed by atoms with Crippen LogP contribution in [0.1, 0.15) is 46.5 Å². The minimum absolute atomic E-state index is 0.168. The molecule has 2 heterocycles. The molecule has 4 nitrogen and oxygen atoms in total. The first kappa shape index (κ1) is 17.9. The van der Waals surface area contributed by atoms with Crippen molar-refractivity contribution in [1.29, 1.82) is 0 Å². The zero-order chi connectivity index (χ0) is 19.1. The zero-order valence-electron chi connectivity index (χ0n) is 16.8. The number of ether oxygens (including phenoxy) is 2. The summed E-state index contributed by atoms with van der Waals surface area (Å²) in [4.78, 5) is 3.69. The molecule has 4 rings (SSSR count). The maximum Gasteiger partial charge on any atom is 0.122 e. The fraction of sp³-hybridized carbons (Fsp3) is 0.391. The van der Waals surface area contributed by atoms with Crippen LogP contribution in [0.2, 0.25) is 0 Å². The lowest BCUT2D eigenvalue weighted by Gasteiger charge is -2.29. The molecular formula is C23H28N2O2. The van der Waals surface area contributed by atoms with Crippen molar-refractivity contribution in [3.05, 3.63) is 57.8 Å². The van der Waals surface area contributed by atoms with E-state index in [0.717, 1.165) is 24.5 Å². The summed E-state index contributed by atoms with van der Waals surface area (Å²) in [5.74, 6) is 1.90. The molecular weight excluding hydrogens is 336 g/mol. The van der Waals surface area contributed by atoms with Crippen molar-refractivity contribution in [2.75, 3.05) is 20.3 Å². The van der Waals surface area contributed by atoms with Crippen LogP contribution in [0.25, 0.3) is 10.9 Å². The number of fused-ring (bicyclic) bond motifs is 3. The smallest absolute Gasteiger partial charge is 0.122 e. The van der Waals surface area contributed by atoms with Gasteiger partial charge in [0.05, 0.1) is 19.8 Å². The molecule has 0 fully saturated rings. The first-order valence-electron chi connectivity index (χ1n) is 9.70. The molecule has 1 aromatic heterocycles. The molecule has 0 bridgehead atoms. The largest absolute Gasteiger partial charge is 0.496 e. The number of H-pyrrole nitrogens is 1. The van der Waals surface area contributed by atoms with Crippen molar-refractivity contribution in [3.63, 3.8) is 0 Å². The van der Waals surface area contributed by atoms with Crippen molar-refractivity contribution < 1.29 is 9.47 Å². The third-order valence-electron chi connectivity index (χ3n) is 5.85. The summed E-state index contributed by atoms with van der Waals surface area (Å²) >= 11 is 0. The van der Waals surface area contributed by atoms with E-state index in [2.05, 4.69) is 49.3 Å². The number of nitrogens with one attached hydrogen (secondary N) is 2. The fourth-order valence-electron chi connectivity index (χ4n) is 4.43. The van der Waals surface area contributed by atoms with Crippen molar-refractivity contribution in [3.8, 4) is 11.5 Å². The van der Waals surface area contributed by atoms with Gasteiger partial charge in [-0.3, -0.25) is 0 Å². The third-order valence-corrected chi connectivity index (χ3v) is 5.85. The van der Waals surface area contributed by atoms with E-state index in [9.17, 15) is 0 Å². The highest BCUT2D eigenvalue weighted by Gasteiger charge is 2.28. The Balaban J connectivity index is 1.87. The molecule has 27 heavy (non-hydrogen) atoms. The molecule has 142 valence electrons. The number of hydrogen-bond acceptors (Lipinski definition) is 3. The topological polar surface area (TPSA) is 46.3 Å². The Labute approximate surface area is 160 Å². The Morgan fingerprint density at radius 1 is 1.11 bits per heavy atom. The van der Waals surface area contributed by atoms with Crippen LogP contribution >= 0.6 is 0 Å². The lowest BCUT2D eigenvalue weighted by Crippen LogP contribution is -2.31. The van der Waals surface area contributed by atoms with E-state index >= 15 is 0 Å². The van der Waals surface area contributed by atoms with E-state index < -0.39 is 0 Å². The van der Waals surface area contributed by atoms with Crippen molar-refractivity contribution in [2.45, 2.75) is 40.2 Å². The van der Waals surface area contributed by atoms with Crippen LogP contribution in [-0.2, 0) is 6.42 Å². The summed E-state index contributed by atoms with van der Waals surface area (Å²) in [6.45, 7) is 10.2. The highest BCUT2D eigenvalue weighted by molar-refractivity contribution is 5.87. The van der Waals surface area contributed by atoms with Gasteiger partial charge >= 0.3 is 0 Å². The van der Waals surface area contributed by atoms with E-state index in [1.165, 1.54) is 44.4 Å². The van der Waals surface area contributed by atoms with Gasteiger partial charge in [0.1, 0.15) is 11.5 Å². The zero-order valence-corrected chi connectivity index (χ0v) is 16.8. The first-order chi connectivity index (χ1) is 13.0. The van der Waals surface area contributed by atoms with E-state index in [1.54, 1.807) is 7.11 Å². The van der Waals surface area contributed by atoms with E-state index in [1.807, 2.05) is 13.0 Å². The second-order valence-corrected chi connectivity index (χ2v) is 7.35. The Hall–Kier alpha value is -2.46. The third kappa shape index (κ3) is 2.88. The van der Waals surface area contributed by atoms with Gasteiger partial charge < -0.3 is 19.8 Å². The lowest BCUT2D eigenvalue weighted by molar-refractivity contribution is 0.340. The average molecular weight is 364 g/mol. The van der Waals surface area contributed by atoms with Gasteiger partial charge in [0, 0.05) is 23.1 Å². The molecule has 0 spiro atoms. The summed E-state index contributed by atoms with van der Waals surface area (Å²) in [5.41, 5.74) is 8.98. The van der Waals surface area contributed by atoms with Crippen molar-refractivity contribution >= 4 is 10.9 Å². The van der Waals surface area contributed by atoms with Gasteiger partial charge in [0.25, 0.3) is 0 Å². The van der Waals surface area contributed by atoms with Crippen molar-refractivity contribution in [1.82, 2.24) is 10.3 Å². The SMILES string of the molecule is CCOc1ccc2[nH]c3c(c2c1)CCNC3c1c(C)cc(OC)c(C)c1C. The summed E-state index contributed by atoms with van der Waals surface area (Å²) in [5, 5.41) is 5.02. The van der Waals surface area contributed by atoms with Crippen LogP contribution in [-0.4, -0.2) is 25.2 Å². The average Bonchev–Trinajstić information content (AvgIpc) is 3.04. The Kier molecular flexibility index (Phi) is 4.60. The first-order valence-corrected chi connectivity index (χ1v) is 9.70. The molecule has 0 saturated heterocycles. The van der Waals surface area contributed by atoms with E-state index in [-0.39, 0.29) is 6.04 Å². The number of aromatic amines is 1. The van der Waals surface area contributed by atoms with Gasteiger partial charge in [-0.05, 0) is 86.2 Å². The van der Waals surface area contributed by atoms with Gasteiger partial charge in [-0.15, -0.1) is 0 Å².